The van der Waals surface area contributed by atoms with Gasteiger partial charge in [0.15, 0.2) is 0 Å². The minimum atomic E-state index is -4.43. The van der Waals surface area contributed by atoms with Crippen molar-refractivity contribution >= 4 is 17.8 Å². The minimum absolute atomic E-state index is 0.0367. The first-order valence-electron chi connectivity index (χ1n) is 8.30. The van der Waals surface area contributed by atoms with Gasteiger partial charge in [-0.15, -0.1) is 0 Å². The van der Waals surface area contributed by atoms with Gasteiger partial charge in [0, 0.05) is 11.3 Å². The largest absolute Gasteiger partial charge is 0.455 e. The SMILES string of the molecule is O=C(CNc1ccccc1)N/N=C\c1ccc(-c2cccc(C(F)(F)F)c2)o1. The number of anilines is 1. The number of para-hydroxylation sites is 1. The highest BCUT2D eigenvalue weighted by molar-refractivity contribution is 5.83. The zero-order valence-electron chi connectivity index (χ0n) is 14.5. The zero-order chi connectivity index (χ0) is 20.0. The van der Waals surface area contributed by atoms with E-state index in [1.165, 1.54) is 24.4 Å². The quantitative estimate of drug-likeness (QED) is 0.483. The van der Waals surface area contributed by atoms with Crippen molar-refractivity contribution in [2.75, 3.05) is 11.9 Å². The van der Waals surface area contributed by atoms with Crippen LogP contribution in [0.25, 0.3) is 11.3 Å². The van der Waals surface area contributed by atoms with E-state index in [4.69, 9.17) is 4.42 Å². The average molecular weight is 387 g/mol. The van der Waals surface area contributed by atoms with E-state index in [1.807, 2.05) is 30.3 Å². The number of carbonyl (C=O) groups excluding carboxylic acids is 1. The van der Waals surface area contributed by atoms with Crippen LogP contribution in [0.5, 0.6) is 0 Å². The molecular weight excluding hydrogens is 371 g/mol. The van der Waals surface area contributed by atoms with Gasteiger partial charge in [0.25, 0.3) is 5.91 Å². The van der Waals surface area contributed by atoms with Crippen LogP contribution < -0.4 is 10.7 Å². The minimum Gasteiger partial charge on any atom is -0.455 e. The Morgan fingerprint density at radius 1 is 1.04 bits per heavy atom. The van der Waals surface area contributed by atoms with Crippen LogP contribution in [0.1, 0.15) is 11.3 Å². The number of amides is 1. The predicted molar refractivity (Wildman–Crippen MR) is 99.8 cm³/mol. The Bertz CT molecular complexity index is 966. The third kappa shape index (κ3) is 5.23. The van der Waals surface area contributed by atoms with Crippen LogP contribution in [0.15, 0.2) is 76.2 Å². The van der Waals surface area contributed by atoms with Crippen LogP contribution in [0.4, 0.5) is 18.9 Å². The molecule has 0 saturated heterocycles. The van der Waals surface area contributed by atoms with E-state index in [1.54, 1.807) is 6.07 Å². The molecule has 5 nitrogen and oxygen atoms in total. The van der Waals surface area contributed by atoms with Gasteiger partial charge >= 0.3 is 6.18 Å². The Morgan fingerprint density at radius 2 is 1.82 bits per heavy atom. The second-order valence-corrected chi connectivity index (χ2v) is 5.79. The molecule has 1 aromatic heterocycles. The molecule has 1 amide bonds. The highest BCUT2D eigenvalue weighted by Crippen LogP contribution is 2.32. The van der Waals surface area contributed by atoms with Gasteiger partial charge in [-0.2, -0.15) is 18.3 Å². The van der Waals surface area contributed by atoms with E-state index in [2.05, 4.69) is 15.8 Å². The normalized spacial score (nSPS) is 11.5. The first-order valence-corrected chi connectivity index (χ1v) is 8.30. The van der Waals surface area contributed by atoms with Gasteiger partial charge in [0.05, 0.1) is 18.3 Å². The highest BCUT2D eigenvalue weighted by Gasteiger charge is 2.30. The first-order chi connectivity index (χ1) is 13.4. The molecule has 3 aromatic rings. The Labute approximate surface area is 158 Å². The second-order valence-electron chi connectivity index (χ2n) is 5.79. The lowest BCUT2D eigenvalue weighted by Gasteiger charge is -2.07. The fraction of sp³-hybridized carbons (Fsp3) is 0.100. The molecule has 2 aromatic carbocycles. The van der Waals surface area contributed by atoms with Gasteiger partial charge in [-0.3, -0.25) is 4.79 Å². The van der Waals surface area contributed by atoms with Crippen LogP contribution in [0, 0.1) is 0 Å². The summed E-state index contributed by atoms with van der Waals surface area (Å²) < 4.78 is 43.9. The third-order valence-corrected chi connectivity index (χ3v) is 3.71. The van der Waals surface area contributed by atoms with Gasteiger partial charge in [-0.05, 0) is 36.4 Å². The van der Waals surface area contributed by atoms with Crippen molar-refractivity contribution in [3.63, 3.8) is 0 Å². The van der Waals surface area contributed by atoms with Crippen molar-refractivity contribution in [2.24, 2.45) is 5.10 Å². The van der Waals surface area contributed by atoms with Crippen LogP contribution in [-0.4, -0.2) is 18.7 Å². The van der Waals surface area contributed by atoms with Gasteiger partial charge in [-0.25, -0.2) is 5.43 Å². The molecule has 0 aliphatic heterocycles. The third-order valence-electron chi connectivity index (χ3n) is 3.71. The van der Waals surface area contributed by atoms with Crippen LogP contribution >= 0.6 is 0 Å². The van der Waals surface area contributed by atoms with Gasteiger partial charge in [-0.1, -0.05) is 30.3 Å². The summed E-state index contributed by atoms with van der Waals surface area (Å²) in [6, 6.07) is 17.1. The monoisotopic (exact) mass is 387 g/mol. The number of hydrazone groups is 1. The van der Waals surface area contributed by atoms with Crippen LogP contribution in [-0.2, 0) is 11.0 Å². The number of halogens is 3. The summed E-state index contributed by atoms with van der Waals surface area (Å²) in [6.45, 7) is 0.0367. The van der Waals surface area contributed by atoms with E-state index in [9.17, 15) is 18.0 Å². The van der Waals surface area contributed by atoms with E-state index < -0.39 is 11.7 Å². The molecule has 0 aliphatic carbocycles. The number of furan rings is 1. The summed E-state index contributed by atoms with van der Waals surface area (Å²) in [6.07, 6.45) is -3.15. The van der Waals surface area contributed by atoms with Crippen molar-refractivity contribution in [3.8, 4) is 11.3 Å². The molecule has 1 heterocycles. The summed E-state index contributed by atoms with van der Waals surface area (Å²) in [5.41, 5.74) is 2.68. The van der Waals surface area contributed by atoms with Gasteiger partial charge in [0.1, 0.15) is 11.5 Å². The predicted octanol–water partition coefficient (Wildman–Crippen LogP) is 4.53. The van der Waals surface area contributed by atoms with Gasteiger partial charge in [0.2, 0.25) is 0 Å². The van der Waals surface area contributed by atoms with Crippen molar-refractivity contribution in [1.82, 2.24) is 5.43 Å². The number of alkyl halides is 3. The number of rotatable bonds is 6. The molecule has 3 rings (SSSR count). The maximum Gasteiger partial charge on any atom is 0.416 e. The lowest BCUT2D eigenvalue weighted by Crippen LogP contribution is -2.25. The van der Waals surface area contributed by atoms with E-state index >= 15 is 0 Å². The van der Waals surface area contributed by atoms with Crippen molar-refractivity contribution in [3.05, 3.63) is 78.1 Å². The number of hydrogen-bond acceptors (Lipinski definition) is 4. The Hall–Kier alpha value is -3.55. The molecule has 0 aliphatic rings. The van der Waals surface area contributed by atoms with Crippen LogP contribution in [0.2, 0.25) is 0 Å². The molecule has 0 saturated carbocycles. The number of benzene rings is 2. The Balaban J connectivity index is 1.56. The summed E-state index contributed by atoms with van der Waals surface area (Å²) in [5.74, 6) is 0.207. The number of nitrogens with zero attached hydrogens (tertiary/aromatic N) is 1. The molecule has 0 fully saturated rings. The van der Waals surface area contributed by atoms with Crippen LogP contribution in [0.3, 0.4) is 0 Å². The lowest BCUT2D eigenvalue weighted by atomic mass is 10.1. The summed E-state index contributed by atoms with van der Waals surface area (Å²) in [5, 5.41) is 6.71. The maximum absolute atomic E-state index is 12.8. The average Bonchev–Trinajstić information content (AvgIpc) is 3.16. The first kappa shape index (κ1) is 19.2. The Morgan fingerprint density at radius 3 is 2.57 bits per heavy atom. The maximum atomic E-state index is 12.8. The standard InChI is InChI=1S/C20H16F3N3O2/c21-20(22,23)15-6-4-5-14(11-15)18-10-9-17(28-18)12-25-26-19(27)13-24-16-7-2-1-3-8-16/h1-12,24H,13H2,(H,26,27)/b25-12-. The summed E-state index contributed by atoms with van der Waals surface area (Å²) in [4.78, 5) is 11.7. The number of carbonyl (C=O) groups is 1. The van der Waals surface area contributed by atoms with Crippen molar-refractivity contribution in [2.45, 2.75) is 6.18 Å². The highest BCUT2D eigenvalue weighted by atomic mass is 19.4. The zero-order valence-corrected chi connectivity index (χ0v) is 14.5. The summed E-state index contributed by atoms with van der Waals surface area (Å²) in [7, 11) is 0. The second kappa shape index (κ2) is 8.43. The van der Waals surface area contributed by atoms with E-state index in [0.29, 0.717) is 11.3 Å². The topological polar surface area (TPSA) is 66.6 Å². The van der Waals surface area contributed by atoms with Crippen molar-refractivity contribution in [1.29, 1.82) is 0 Å². The fourth-order valence-corrected chi connectivity index (χ4v) is 2.37. The number of hydrogen-bond donors (Lipinski definition) is 2. The smallest absolute Gasteiger partial charge is 0.416 e. The molecular formula is C20H16F3N3O2. The summed E-state index contributed by atoms with van der Waals surface area (Å²) >= 11 is 0. The number of nitrogens with one attached hydrogen (secondary N) is 2. The molecule has 0 bridgehead atoms. The fourth-order valence-electron chi connectivity index (χ4n) is 2.37. The van der Waals surface area contributed by atoms with E-state index in [0.717, 1.165) is 17.8 Å². The molecule has 0 atom stereocenters. The molecule has 0 unspecified atom stereocenters. The van der Waals surface area contributed by atoms with Gasteiger partial charge < -0.3 is 9.73 Å². The molecule has 2 N–H and O–H groups in total. The van der Waals surface area contributed by atoms with Crippen molar-refractivity contribution < 1.29 is 22.4 Å². The molecule has 0 radical (unpaired) electrons. The Kier molecular flexibility index (Phi) is 5.78. The van der Waals surface area contributed by atoms with E-state index in [-0.39, 0.29) is 18.2 Å². The molecule has 28 heavy (non-hydrogen) atoms. The molecule has 144 valence electrons. The molecule has 8 heteroatoms. The lowest BCUT2D eigenvalue weighted by molar-refractivity contribution is -0.137. The molecule has 0 spiro atoms.